The van der Waals surface area contributed by atoms with E-state index in [1.54, 1.807) is 6.26 Å². The second kappa shape index (κ2) is 5.07. The highest BCUT2D eigenvalue weighted by Gasteiger charge is 2.14. The maximum absolute atomic E-state index is 11.2. The molecule has 0 saturated heterocycles. The van der Waals surface area contributed by atoms with Gasteiger partial charge in [-0.2, -0.15) is 0 Å². The van der Waals surface area contributed by atoms with E-state index in [0.29, 0.717) is 11.7 Å². The minimum atomic E-state index is -0.791. The summed E-state index contributed by atoms with van der Waals surface area (Å²) in [5.74, 6) is 1.07. The molecule has 1 aromatic rings. The molecular weight excluding hydrogens is 228 g/mol. The van der Waals surface area contributed by atoms with Crippen LogP contribution in [-0.2, 0) is 10.8 Å². The third-order valence-corrected chi connectivity index (χ3v) is 3.62. The summed E-state index contributed by atoms with van der Waals surface area (Å²) in [4.78, 5) is 3.05. The van der Waals surface area contributed by atoms with Crippen LogP contribution in [0, 0.1) is 4.77 Å². The molecule has 0 aliphatic heterocycles. The fourth-order valence-corrected chi connectivity index (χ4v) is 2.88. The number of nitrogens with zero attached hydrogens (tertiary/aromatic N) is 1. The van der Waals surface area contributed by atoms with Gasteiger partial charge in [0.2, 0.25) is 0 Å². The Kier molecular flexibility index (Phi) is 4.28. The number of nitrogens with one attached hydrogen (secondary N) is 1. The highest BCUT2D eigenvalue weighted by Crippen LogP contribution is 2.19. The molecule has 0 aliphatic rings. The standard InChI is InChI=1S/C10H18N2OS2/c1-7(2)9-5-11-10(14)12(9)8(3)6-15(4)13/h5,7-8H,6H2,1-4H3,(H,11,14). The van der Waals surface area contributed by atoms with Crippen molar-refractivity contribution in [1.29, 1.82) is 0 Å². The Hall–Kier alpha value is -0.420. The van der Waals surface area contributed by atoms with Crippen molar-refractivity contribution in [2.45, 2.75) is 32.7 Å². The van der Waals surface area contributed by atoms with Crippen LogP contribution in [0.4, 0.5) is 0 Å². The van der Waals surface area contributed by atoms with Gasteiger partial charge in [0, 0.05) is 40.7 Å². The summed E-state index contributed by atoms with van der Waals surface area (Å²) in [5.41, 5.74) is 1.18. The van der Waals surface area contributed by atoms with Crippen molar-refractivity contribution in [3.63, 3.8) is 0 Å². The van der Waals surface area contributed by atoms with Crippen LogP contribution in [-0.4, -0.2) is 25.8 Å². The molecule has 0 aromatic carbocycles. The van der Waals surface area contributed by atoms with Crippen molar-refractivity contribution in [2.75, 3.05) is 12.0 Å². The second-order valence-electron chi connectivity index (χ2n) is 4.13. The number of imidazole rings is 1. The van der Waals surface area contributed by atoms with E-state index in [1.165, 1.54) is 5.69 Å². The summed E-state index contributed by atoms with van der Waals surface area (Å²) in [7, 11) is -0.791. The molecular formula is C10H18N2OS2. The van der Waals surface area contributed by atoms with Gasteiger partial charge in [0.05, 0.1) is 0 Å². The molecule has 0 fully saturated rings. The second-order valence-corrected chi connectivity index (χ2v) is 6.00. The molecule has 0 spiro atoms. The quantitative estimate of drug-likeness (QED) is 0.829. The van der Waals surface area contributed by atoms with Gasteiger partial charge in [-0.1, -0.05) is 13.8 Å². The topological polar surface area (TPSA) is 37.8 Å². The molecule has 1 aromatic heterocycles. The van der Waals surface area contributed by atoms with E-state index in [2.05, 4.69) is 30.3 Å². The van der Waals surface area contributed by atoms with Crippen molar-refractivity contribution < 1.29 is 4.21 Å². The van der Waals surface area contributed by atoms with Crippen molar-refractivity contribution >= 4 is 23.0 Å². The predicted octanol–water partition coefficient (Wildman–Crippen LogP) is 2.61. The first kappa shape index (κ1) is 12.6. The molecule has 3 nitrogen and oxygen atoms in total. The molecule has 0 radical (unpaired) electrons. The average Bonchev–Trinajstić information content (AvgIpc) is 2.45. The summed E-state index contributed by atoms with van der Waals surface area (Å²) in [6.45, 7) is 6.31. The zero-order valence-corrected chi connectivity index (χ0v) is 11.2. The minimum absolute atomic E-state index is 0.187. The van der Waals surface area contributed by atoms with Gasteiger partial charge in [-0.05, 0) is 25.1 Å². The first-order valence-corrected chi connectivity index (χ1v) is 7.16. The number of H-pyrrole nitrogens is 1. The Morgan fingerprint density at radius 3 is 2.60 bits per heavy atom. The van der Waals surface area contributed by atoms with Crippen LogP contribution in [0.2, 0.25) is 0 Å². The van der Waals surface area contributed by atoms with Gasteiger partial charge in [-0.15, -0.1) is 0 Å². The molecule has 2 unspecified atom stereocenters. The van der Waals surface area contributed by atoms with Crippen LogP contribution in [0.25, 0.3) is 0 Å². The van der Waals surface area contributed by atoms with E-state index >= 15 is 0 Å². The third kappa shape index (κ3) is 3.01. The lowest BCUT2D eigenvalue weighted by Crippen LogP contribution is -2.16. The van der Waals surface area contributed by atoms with Gasteiger partial charge in [-0.25, -0.2) is 0 Å². The SMILES string of the molecule is CC(C)c1c[nH]c(=S)n1C(C)CS(C)=O. The van der Waals surface area contributed by atoms with Crippen LogP contribution < -0.4 is 0 Å². The van der Waals surface area contributed by atoms with Crippen molar-refractivity contribution in [3.8, 4) is 0 Å². The van der Waals surface area contributed by atoms with E-state index in [4.69, 9.17) is 12.2 Å². The first-order chi connectivity index (χ1) is 6.93. The molecule has 1 N–H and O–H groups in total. The lowest BCUT2D eigenvalue weighted by Gasteiger charge is -2.17. The van der Waals surface area contributed by atoms with E-state index in [1.807, 2.05) is 6.20 Å². The fourth-order valence-electron chi connectivity index (χ4n) is 1.71. The van der Waals surface area contributed by atoms with Crippen LogP contribution in [0.1, 0.15) is 38.4 Å². The van der Waals surface area contributed by atoms with E-state index in [9.17, 15) is 4.21 Å². The van der Waals surface area contributed by atoms with Gasteiger partial charge >= 0.3 is 0 Å². The van der Waals surface area contributed by atoms with Crippen LogP contribution in [0.5, 0.6) is 0 Å². The van der Waals surface area contributed by atoms with E-state index in [0.717, 1.165) is 4.77 Å². The van der Waals surface area contributed by atoms with Crippen molar-refractivity contribution in [2.24, 2.45) is 0 Å². The van der Waals surface area contributed by atoms with E-state index < -0.39 is 10.8 Å². The summed E-state index contributed by atoms with van der Waals surface area (Å²) < 4.78 is 14.0. The molecule has 2 atom stereocenters. The third-order valence-electron chi connectivity index (χ3n) is 2.35. The molecule has 0 bridgehead atoms. The number of aromatic nitrogens is 2. The largest absolute Gasteiger partial charge is 0.337 e. The highest BCUT2D eigenvalue weighted by molar-refractivity contribution is 7.84. The Labute approximate surface area is 98.4 Å². The smallest absolute Gasteiger partial charge is 0.177 e. The lowest BCUT2D eigenvalue weighted by molar-refractivity contribution is 0.553. The summed E-state index contributed by atoms with van der Waals surface area (Å²) in [6, 6.07) is 0.187. The van der Waals surface area contributed by atoms with Gasteiger partial charge in [0.25, 0.3) is 0 Å². The average molecular weight is 246 g/mol. The maximum atomic E-state index is 11.2. The first-order valence-electron chi connectivity index (χ1n) is 5.03. The molecule has 86 valence electrons. The highest BCUT2D eigenvalue weighted by atomic mass is 32.2. The summed E-state index contributed by atoms with van der Waals surface area (Å²) >= 11 is 5.23. The normalized spacial score (nSPS) is 15.5. The Morgan fingerprint density at radius 2 is 2.13 bits per heavy atom. The maximum Gasteiger partial charge on any atom is 0.177 e. The Balaban J connectivity index is 3.06. The van der Waals surface area contributed by atoms with Crippen molar-refractivity contribution in [3.05, 3.63) is 16.7 Å². The van der Waals surface area contributed by atoms with E-state index in [-0.39, 0.29) is 6.04 Å². The summed E-state index contributed by atoms with van der Waals surface area (Å²) in [5, 5.41) is 0. The number of aromatic amines is 1. The van der Waals surface area contributed by atoms with Gasteiger partial charge in [0.15, 0.2) is 4.77 Å². The van der Waals surface area contributed by atoms with Gasteiger partial charge in [0.1, 0.15) is 0 Å². The molecule has 1 rings (SSSR count). The van der Waals surface area contributed by atoms with Gasteiger partial charge < -0.3 is 9.55 Å². The lowest BCUT2D eigenvalue weighted by atomic mass is 10.1. The number of hydrogen-bond acceptors (Lipinski definition) is 2. The van der Waals surface area contributed by atoms with Crippen LogP contribution in [0.3, 0.4) is 0 Å². The zero-order chi connectivity index (χ0) is 11.6. The molecule has 0 saturated carbocycles. The zero-order valence-electron chi connectivity index (χ0n) is 9.61. The van der Waals surface area contributed by atoms with Crippen molar-refractivity contribution in [1.82, 2.24) is 9.55 Å². The number of rotatable bonds is 4. The Morgan fingerprint density at radius 1 is 1.53 bits per heavy atom. The van der Waals surface area contributed by atoms with Crippen LogP contribution >= 0.6 is 12.2 Å². The fraction of sp³-hybridized carbons (Fsp3) is 0.700. The predicted molar refractivity (Wildman–Crippen MR) is 67.4 cm³/mol. The molecule has 5 heteroatoms. The number of hydrogen-bond donors (Lipinski definition) is 1. The Bertz CT molecular complexity index is 406. The minimum Gasteiger partial charge on any atom is -0.337 e. The molecule has 1 heterocycles. The summed E-state index contributed by atoms with van der Waals surface area (Å²) in [6.07, 6.45) is 3.67. The molecule has 0 aliphatic carbocycles. The monoisotopic (exact) mass is 246 g/mol. The van der Waals surface area contributed by atoms with Crippen LogP contribution in [0.15, 0.2) is 6.20 Å². The molecule has 15 heavy (non-hydrogen) atoms. The molecule has 0 amide bonds. The van der Waals surface area contributed by atoms with Gasteiger partial charge in [-0.3, -0.25) is 4.21 Å².